The summed E-state index contributed by atoms with van der Waals surface area (Å²) in [6.45, 7) is 1.21. The van der Waals surface area contributed by atoms with Crippen molar-refractivity contribution < 1.29 is 43.2 Å². The van der Waals surface area contributed by atoms with E-state index in [1.54, 1.807) is 13.0 Å². The van der Waals surface area contributed by atoms with Crippen molar-refractivity contribution in [3.8, 4) is 0 Å². The van der Waals surface area contributed by atoms with Crippen molar-refractivity contribution in [2.75, 3.05) is 13.2 Å². The Morgan fingerprint density at radius 2 is 2.21 bits per heavy atom. The summed E-state index contributed by atoms with van der Waals surface area (Å²) in [5.74, 6) is -2.05. The topological polar surface area (TPSA) is 116 Å². The van der Waals surface area contributed by atoms with E-state index >= 15 is 0 Å². The minimum atomic E-state index is -1.42. The number of fused-ring (bicyclic) bond motifs is 2. The zero-order valence-electron chi connectivity index (χ0n) is 10.7. The summed E-state index contributed by atoms with van der Waals surface area (Å²) in [7, 11) is 0. The molecular weight excluding hydrogens is 249 g/mol. The van der Waals surface area contributed by atoms with Gasteiger partial charge in [0.25, 0.3) is 0 Å². The maximum absolute atomic E-state index is 11.9. The molecule has 2 N–H and O–H groups in total. The summed E-state index contributed by atoms with van der Waals surface area (Å²) in [5.41, 5.74) is 5.88. The molecule has 2 rings (SSSR count). The number of carbonyl (C=O) groups excluding carboxylic acids is 3. The molecule has 19 heavy (non-hydrogen) atoms. The molecule has 1 fully saturated rings. The molecule has 0 aromatic carbocycles. The first-order chi connectivity index (χ1) is 8.41. The quantitative estimate of drug-likeness (QED) is 0.400. The summed E-state index contributed by atoms with van der Waals surface area (Å²) in [6, 6.07) is -1.78. The van der Waals surface area contributed by atoms with Gasteiger partial charge in [-0.3, -0.25) is 9.63 Å². The van der Waals surface area contributed by atoms with Gasteiger partial charge in [-0.15, -0.1) is 0 Å². The molecule has 98 valence electrons. The number of aliphatic carboxylic acids is 1. The first-order valence-electron chi connectivity index (χ1n) is 5.32. The maximum atomic E-state index is 11.9. The Bertz CT molecular complexity index is 452. The van der Waals surface area contributed by atoms with E-state index in [0.29, 0.717) is 5.57 Å². The van der Waals surface area contributed by atoms with Gasteiger partial charge in [-0.05, 0) is 12.5 Å². The predicted octanol–water partition coefficient (Wildman–Crippen LogP) is -5.41. The van der Waals surface area contributed by atoms with Crippen LogP contribution in [-0.2, 0) is 14.4 Å². The Labute approximate surface area is 121 Å². The van der Waals surface area contributed by atoms with E-state index in [1.165, 1.54) is 4.90 Å². The first-order valence-corrected chi connectivity index (χ1v) is 5.32. The van der Waals surface area contributed by atoms with Crippen molar-refractivity contribution >= 4 is 17.9 Å². The average molecular weight is 261 g/mol. The van der Waals surface area contributed by atoms with E-state index < -0.39 is 36.6 Å². The van der Waals surface area contributed by atoms with Gasteiger partial charge in [0.15, 0.2) is 0 Å². The summed E-state index contributed by atoms with van der Waals surface area (Å²) in [4.78, 5) is 39.7. The normalized spacial score (nSPS) is 24.9. The van der Waals surface area contributed by atoms with Crippen molar-refractivity contribution in [1.29, 1.82) is 0 Å². The number of rotatable bonds is 4. The Balaban J connectivity index is 0.00000180. The minimum absolute atomic E-state index is 0. The molecule has 9 heteroatoms. The summed E-state index contributed by atoms with van der Waals surface area (Å²) >= 11 is 0. The fourth-order valence-electron chi connectivity index (χ4n) is 2.25. The molecule has 2 bridgehead atoms. The zero-order chi connectivity index (χ0) is 13.4. The van der Waals surface area contributed by atoms with Crippen LogP contribution in [0.3, 0.4) is 0 Å². The standard InChI is InChI=1S/C10H13N3O5.Li/c1-5-2-6-3-12(8(5)9(11)16)10(17)13(6)18-4-7(14)15;/h2,6,8H,3-4H2,1H3,(H2,11,16)(H,14,15);/q;+1/p-1/t6-,8+;/m1./s1. The summed E-state index contributed by atoms with van der Waals surface area (Å²) in [5, 5.41) is 11.2. The van der Waals surface area contributed by atoms with E-state index in [-0.39, 0.29) is 25.4 Å². The van der Waals surface area contributed by atoms with E-state index in [9.17, 15) is 19.5 Å². The molecule has 0 spiro atoms. The van der Waals surface area contributed by atoms with Crippen LogP contribution in [0.5, 0.6) is 0 Å². The number of amides is 3. The van der Waals surface area contributed by atoms with Crippen LogP contribution < -0.4 is 29.7 Å². The number of nitrogens with zero attached hydrogens (tertiary/aromatic N) is 2. The van der Waals surface area contributed by atoms with Crippen LogP contribution in [0.25, 0.3) is 0 Å². The predicted molar refractivity (Wildman–Crippen MR) is 55.4 cm³/mol. The molecule has 1 saturated heterocycles. The number of carbonyl (C=O) groups is 3. The van der Waals surface area contributed by atoms with Crippen LogP contribution in [-0.4, -0.2) is 53.1 Å². The molecule has 2 aliphatic heterocycles. The number of hydrogen-bond acceptors (Lipinski definition) is 5. The van der Waals surface area contributed by atoms with E-state index in [1.807, 2.05) is 0 Å². The van der Waals surface area contributed by atoms with Gasteiger partial charge in [-0.2, -0.15) is 5.06 Å². The largest absolute Gasteiger partial charge is 1.00 e. The van der Waals surface area contributed by atoms with Crippen LogP contribution in [0.4, 0.5) is 4.79 Å². The van der Waals surface area contributed by atoms with Crippen molar-refractivity contribution in [2.45, 2.75) is 19.0 Å². The number of hydroxylamine groups is 2. The summed E-state index contributed by atoms with van der Waals surface area (Å²) in [6.07, 6.45) is 1.67. The van der Waals surface area contributed by atoms with E-state index in [0.717, 1.165) is 5.06 Å². The molecule has 8 nitrogen and oxygen atoms in total. The number of carboxylic acid groups (broad SMARTS) is 1. The van der Waals surface area contributed by atoms with Crippen molar-refractivity contribution in [3.63, 3.8) is 0 Å². The Morgan fingerprint density at radius 3 is 2.74 bits per heavy atom. The van der Waals surface area contributed by atoms with Crippen molar-refractivity contribution in [1.82, 2.24) is 9.96 Å². The second-order valence-corrected chi connectivity index (χ2v) is 4.19. The summed E-state index contributed by atoms with van der Waals surface area (Å²) < 4.78 is 0. The third-order valence-electron chi connectivity index (χ3n) is 2.91. The van der Waals surface area contributed by atoms with Crippen LogP contribution in [0.1, 0.15) is 6.92 Å². The van der Waals surface area contributed by atoms with Gasteiger partial charge >= 0.3 is 24.9 Å². The third-order valence-corrected chi connectivity index (χ3v) is 2.91. The van der Waals surface area contributed by atoms with Gasteiger partial charge in [-0.25, -0.2) is 4.79 Å². The average Bonchev–Trinajstić information content (AvgIpc) is 2.49. The van der Waals surface area contributed by atoms with Gasteiger partial charge in [0.1, 0.15) is 12.6 Å². The van der Waals surface area contributed by atoms with Gasteiger partial charge in [0, 0.05) is 0 Å². The maximum Gasteiger partial charge on any atom is 1.00 e. The molecule has 0 radical (unpaired) electrons. The number of carboxylic acids is 1. The van der Waals surface area contributed by atoms with Crippen molar-refractivity contribution in [2.24, 2.45) is 5.73 Å². The number of urea groups is 1. The molecule has 0 aliphatic carbocycles. The van der Waals surface area contributed by atoms with Gasteiger partial charge in [-0.1, -0.05) is 6.08 Å². The fraction of sp³-hybridized carbons (Fsp3) is 0.500. The Morgan fingerprint density at radius 1 is 1.58 bits per heavy atom. The van der Waals surface area contributed by atoms with Gasteiger partial charge in [0.05, 0.1) is 18.6 Å². The molecule has 2 atom stereocenters. The van der Waals surface area contributed by atoms with Crippen molar-refractivity contribution in [3.05, 3.63) is 11.6 Å². The second kappa shape index (κ2) is 5.65. The SMILES string of the molecule is CC1=C[C@@H]2CN(C(=O)N2OCC(=O)[O-])[C@@H]1C(N)=O.[Li+]. The smallest absolute Gasteiger partial charge is 0.548 e. The first kappa shape index (κ1) is 15.6. The van der Waals surface area contributed by atoms with E-state index in [4.69, 9.17) is 10.6 Å². The number of primary amides is 1. The zero-order valence-corrected chi connectivity index (χ0v) is 10.7. The van der Waals surface area contributed by atoms with Crippen LogP contribution in [0.2, 0.25) is 0 Å². The van der Waals surface area contributed by atoms with Crippen LogP contribution >= 0.6 is 0 Å². The number of hydrogen-bond donors (Lipinski definition) is 1. The molecule has 2 heterocycles. The fourth-order valence-corrected chi connectivity index (χ4v) is 2.25. The van der Waals surface area contributed by atoms with E-state index in [2.05, 4.69) is 0 Å². The van der Waals surface area contributed by atoms with Gasteiger partial charge < -0.3 is 20.5 Å². The third kappa shape index (κ3) is 2.76. The number of nitrogens with two attached hydrogens (primary N) is 1. The molecular formula is C10H12LiN3O5. The molecule has 0 aromatic rings. The molecule has 2 aliphatic rings. The Hall–Kier alpha value is -1.49. The molecule has 0 saturated carbocycles. The molecule has 0 unspecified atom stereocenters. The monoisotopic (exact) mass is 261 g/mol. The van der Waals surface area contributed by atoms with Gasteiger partial charge in [0.2, 0.25) is 5.91 Å². The minimum Gasteiger partial charge on any atom is -0.548 e. The molecule has 3 amide bonds. The van der Waals surface area contributed by atoms with Crippen LogP contribution in [0, 0.1) is 0 Å². The van der Waals surface area contributed by atoms with Crippen LogP contribution in [0.15, 0.2) is 11.6 Å². The molecule has 0 aromatic heterocycles. The Kier molecular flexibility index (Phi) is 4.63. The second-order valence-electron chi connectivity index (χ2n) is 4.19.